The molecule has 1 saturated carbocycles. The first-order chi connectivity index (χ1) is 17.2. The first-order valence-electron chi connectivity index (χ1n) is 12.9. The van der Waals surface area contributed by atoms with E-state index in [-0.39, 0.29) is 12.3 Å². The molecule has 4 rings (SSSR count). The molecule has 0 spiro atoms. The van der Waals surface area contributed by atoms with Gasteiger partial charge in [0, 0.05) is 38.3 Å². The van der Waals surface area contributed by atoms with E-state index >= 15 is 0 Å². The molecular formula is C29H39N5O2. The number of nitrogen functional groups attached to an aromatic ring is 1. The van der Waals surface area contributed by atoms with Gasteiger partial charge in [-0.1, -0.05) is 56.4 Å². The number of aryl methyl sites for hydroxylation is 1. The zero-order chi connectivity index (χ0) is 25.8. The van der Waals surface area contributed by atoms with E-state index in [1.165, 1.54) is 48.2 Å². The van der Waals surface area contributed by atoms with E-state index in [0.717, 1.165) is 47.1 Å². The lowest BCUT2D eigenvalue weighted by molar-refractivity contribution is -0.137. The Kier molecular flexibility index (Phi) is 7.99. The van der Waals surface area contributed by atoms with Gasteiger partial charge in [-0.3, -0.25) is 4.79 Å². The molecule has 3 aromatic rings. The summed E-state index contributed by atoms with van der Waals surface area (Å²) in [6.07, 6.45) is 11.5. The monoisotopic (exact) mass is 489 g/mol. The van der Waals surface area contributed by atoms with Crippen molar-refractivity contribution in [1.29, 1.82) is 0 Å². The van der Waals surface area contributed by atoms with Crippen LogP contribution in [0.1, 0.15) is 78.1 Å². The highest BCUT2D eigenvalue weighted by molar-refractivity contribution is 5.74. The van der Waals surface area contributed by atoms with Crippen molar-refractivity contribution in [2.45, 2.75) is 71.3 Å². The number of carboxylic acid groups (broad SMARTS) is 1. The second kappa shape index (κ2) is 11.2. The van der Waals surface area contributed by atoms with Crippen LogP contribution < -0.4 is 16.6 Å². The lowest BCUT2D eigenvalue weighted by Gasteiger charge is -2.24. The molecule has 1 aliphatic rings. The zero-order valence-corrected chi connectivity index (χ0v) is 21.7. The molecule has 7 nitrogen and oxygen atoms in total. The number of imidazole rings is 1. The summed E-state index contributed by atoms with van der Waals surface area (Å²) in [7, 11) is 1.74. The third-order valence-electron chi connectivity index (χ3n) is 7.78. The fraction of sp³-hybridized carbons (Fsp3) is 0.448. The Hall–Kier alpha value is -3.32. The molecule has 1 aromatic heterocycles. The molecule has 0 amide bonds. The molecule has 0 bridgehead atoms. The van der Waals surface area contributed by atoms with E-state index in [0.29, 0.717) is 5.69 Å². The maximum Gasteiger partial charge on any atom is 0.304 e. The van der Waals surface area contributed by atoms with Crippen LogP contribution in [0.4, 0.5) is 11.4 Å². The predicted octanol–water partition coefficient (Wildman–Crippen LogP) is 5.17. The Morgan fingerprint density at radius 1 is 1.19 bits per heavy atom. The van der Waals surface area contributed by atoms with Crippen molar-refractivity contribution in [3.8, 4) is 0 Å². The number of rotatable bonds is 9. The molecule has 1 aliphatic carbocycles. The number of carbonyl (C=O) groups is 1. The minimum absolute atomic E-state index is 0.0153. The summed E-state index contributed by atoms with van der Waals surface area (Å²) in [6.45, 7) is 4.77. The standard InChI is InChI=1S/C29H39N5O2/c1-19-9-10-22(25(17-28(35)36)24-11-12-26(33(3)31)29(30)20(24)2)16-23(19)18-34-14-13-32-27(34)15-21-7-5-4-6-8-21/h9-14,16,21,25H,4-8,15,17-18,30-31H2,1-3H3,(H,35,36). The van der Waals surface area contributed by atoms with Gasteiger partial charge in [-0.15, -0.1) is 0 Å². The number of hydrazine groups is 1. The fourth-order valence-corrected chi connectivity index (χ4v) is 5.58. The number of nitrogens with zero attached hydrogens (tertiary/aromatic N) is 3. The maximum atomic E-state index is 11.9. The molecule has 1 heterocycles. The molecule has 1 unspecified atom stereocenters. The molecular weight excluding hydrogens is 450 g/mol. The molecule has 0 saturated heterocycles. The van der Waals surface area contributed by atoms with Crippen molar-refractivity contribution >= 4 is 17.3 Å². The largest absolute Gasteiger partial charge is 0.481 e. The Morgan fingerprint density at radius 3 is 2.64 bits per heavy atom. The minimum atomic E-state index is -0.843. The summed E-state index contributed by atoms with van der Waals surface area (Å²) in [5, 5.41) is 11.2. The molecule has 7 heteroatoms. The summed E-state index contributed by atoms with van der Waals surface area (Å²) in [6, 6.07) is 10.1. The van der Waals surface area contributed by atoms with Crippen molar-refractivity contribution < 1.29 is 9.90 Å². The van der Waals surface area contributed by atoms with Crippen LogP contribution in [0.3, 0.4) is 0 Å². The number of carboxylic acids is 1. The molecule has 1 fully saturated rings. The molecule has 0 radical (unpaired) electrons. The van der Waals surface area contributed by atoms with Gasteiger partial charge in [-0.05, 0) is 53.6 Å². The number of aliphatic carboxylic acids is 1. The number of aromatic nitrogens is 2. The van der Waals surface area contributed by atoms with Crippen molar-refractivity contribution in [2.75, 3.05) is 17.8 Å². The van der Waals surface area contributed by atoms with E-state index in [2.05, 4.69) is 34.8 Å². The molecule has 36 heavy (non-hydrogen) atoms. The van der Waals surface area contributed by atoms with E-state index in [1.807, 2.05) is 31.3 Å². The first kappa shape index (κ1) is 25.8. The van der Waals surface area contributed by atoms with Gasteiger partial charge in [-0.25, -0.2) is 10.8 Å². The van der Waals surface area contributed by atoms with Gasteiger partial charge in [0.2, 0.25) is 0 Å². The fourth-order valence-electron chi connectivity index (χ4n) is 5.58. The summed E-state index contributed by atoms with van der Waals surface area (Å²) < 4.78 is 2.25. The SMILES string of the molecule is Cc1ccc(C(CC(=O)O)c2ccc(N(C)N)c(N)c2C)cc1Cn1ccnc1CC1CCCCC1. The Labute approximate surface area is 214 Å². The van der Waals surface area contributed by atoms with Crippen LogP contribution in [0.15, 0.2) is 42.7 Å². The summed E-state index contributed by atoms with van der Waals surface area (Å²) in [5.41, 5.74) is 12.8. The number of hydrogen-bond donors (Lipinski definition) is 3. The van der Waals surface area contributed by atoms with Crippen molar-refractivity contribution in [1.82, 2.24) is 9.55 Å². The van der Waals surface area contributed by atoms with E-state index < -0.39 is 5.97 Å². The Morgan fingerprint density at radius 2 is 1.94 bits per heavy atom. The Bertz CT molecular complexity index is 1210. The molecule has 0 aliphatic heterocycles. The molecule has 192 valence electrons. The maximum absolute atomic E-state index is 11.9. The molecule has 2 aromatic carbocycles. The van der Waals surface area contributed by atoms with Crippen molar-refractivity contribution in [3.05, 3.63) is 76.4 Å². The van der Waals surface area contributed by atoms with Crippen molar-refractivity contribution in [2.24, 2.45) is 11.8 Å². The number of hydrogen-bond acceptors (Lipinski definition) is 5. The van der Waals surface area contributed by atoms with E-state index in [1.54, 1.807) is 7.05 Å². The lowest BCUT2D eigenvalue weighted by atomic mass is 9.84. The van der Waals surface area contributed by atoms with Crippen LogP contribution in [0, 0.1) is 19.8 Å². The lowest BCUT2D eigenvalue weighted by Crippen LogP contribution is -2.26. The number of benzene rings is 2. The normalized spacial score (nSPS) is 15.1. The van der Waals surface area contributed by atoms with Crippen LogP contribution in [0.5, 0.6) is 0 Å². The highest BCUT2D eigenvalue weighted by atomic mass is 16.4. The van der Waals surface area contributed by atoms with Crippen LogP contribution in [-0.2, 0) is 17.8 Å². The third-order valence-corrected chi connectivity index (χ3v) is 7.78. The second-order valence-corrected chi connectivity index (χ2v) is 10.3. The number of nitrogens with two attached hydrogens (primary N) is 2. The zero-order valence-electron chi connectivity index (χ0n) is 21.7. The Balaban J connectivity index is 1.65. The minimum Gasteiger partial charge on any atom is -0.481 e. The number of anilines is 2. The molecule has 1 atom stereocenters. The summed E-state index contributed by atoms with van der Waals surface area (Å²) >= 11 is 0. The average molecular weight is 490 g/mol. The van der Waals surface area contributed by atoms with Crippen LogP contribution in [-0.4, -0.2) is 27.7 Å². The van der Waals surface area contributed by atoms with Gasteiger partial charge in [0.1, 0.15) is 5.82 Å². The second-order valence-electron chi connectivity index (χ2n) is 10.3. The highest BCUT2D eigenvalue weighted by Crippen LogP contribution is 2.37. The smallest absolute Gasteiger partial charge is 0.304 e. The predicted molar refractivity (Wildman–Crippen MR) is 145 cm³/mol. The summed E-state index contributed by atoms with van der Waals surface area (Å²) in [4.78, 5) is 16.6. The van der Waals surface area contributed by atoms with Gasteiger partial charge < -0.3 is 20.4 Å². The average Bonchev–Trinajstić information content (AvgIpc) is 3.27. The van der Waals surface area contributed by atoms with E-state index in [4.69, 9.17) is 11.6 Å². The van der Waals surface area contributed by atoms with Crippen LogP contribution in [0.2, 0.25) is 0 Å². The van der Waals surface area contributed by atoms with Gasteiger partial charge >= 0.3 is 5.97 Å². The summed E-state index contributed by atoms with van der Waals surface area (Å²) in [5.74, 6) is 6.62. The third kappa shape index (κ3) is 5.73. The van der Waals surface area contributed by atoms with Gasteiger partial charge in [0.15, 0.2) is 0 Å². The first-order valence-corrected chi connectivity index (χ1v) is 12.9. The van der Waals surface area contributed by atoms with Crippen LogP contribution in [0.25, 0.3) is 0 Å². The highest BCUT2D eigenvalue weighted by Gasteiger charge is 2.23. The topological polar surface area (TPSA) is 110 Å². The van der Waals surface area contributed by atoms with Crippen LogP contribution >= 0.6 is 0 Å². The van der Waals surface area contributed by atoms with Gasteiger partial charge in [0.05, 0.1) is 17.8 Å². The molecule has 5 N–H and O–H groups in total. The van der Waals surface area contributed by atoms with Crippen molar-refractivity contribution in [3.63, 3.8) is 0 Å². The van der Waals surface area contributed by atoms with Gasteiger partial charge in [-0.2, -0.15) is 0 Å². The quantitative estimate of drug-likeness (QED) is 0.217. The van der Waals surface area contributed by atoms with Gasteiger partial charge in [0.25, 0.3) is 0 Å². The van der Waals surface area contributed by atoms with E-state index in [9.17, 15) is 9.90 Å².